The van der Waals surface area contributed by atoms with Gasteiger partial charge >= 0.3 is 0 Å². The summed E-state index contributed by atoms with van der Waals surface area (Å²) in [5, 5.41) is 0. The number of aromatic amines is 1. The average molecular weight is 230 g/mol. The van der Waals surface area contributed by atoms with Crippen LogP contribution in [0.5, 0.6) is 0 Å². The van der Waals surface area contributed by atoms with E-state index < -0.39 is 0 Å². The minimum absolute atomic E-state index is 0.830. The Labute approximate surface area is 80.3 Å². The van der Waals surface area contributed by atoms with Crippen molar-refractivity contribution >= 4 is 15.9 Å². The molecule has 1 saturated heterocycles. The highest BCUT2D eigenvalue weighted by Gasteiger charge is 2.12. The summed E-state index contributed by atoms with van der Waals surface area (Å²) in [7, 11) is 0. The maximum Gasteiger partial charge on any atom is 0.174 e. The Hall–Kier alpha value is -0.350. The Kier molecular flexibility index (Phi) is 2.46. The van der Waals surface area contributed by atoms with Crippen molar-refractivity contribution in [2.24, 2.45) is 0 Å². The molecular formula is C8H12BrN3. The number of nitrogens with zero attached hydrogens (tertiary/aromatic N) is 2. The highest BCUT2D eigenvalue weighted by atomic mass is 79.9. The van der Waals surface area contributed by atoms with Crippen molar-refractivity contribution in [1.82, 2.24) is 14.9 Å². The molecule has 0 spiro atoms. The predicted molar refractivity (Wildman–Crippen MR) is 50.8 cm³/mol. The molecule has 1 aliphatic rings. The van der Waals surface area contributed by atoms with E-state index in [1.807, 2.05) is 6.20 Å². The quantitative estimate of drug-likeness (QED) is 0.839. The van der Waals surface area contributed by atoms with E-state index in [2.05, 4.69) is 30.8 Å². The third-order valence-electron chi connectivity index (χ3n) is 2.19. The summed E-state index contributed by atoms with van der Waals surface area (Å²) >= 11 is 3.30. The molecule has 12 heavy (non-hydrogen) atoms. The van der Waals surface area contributed by atoms with E-state index >= 15 is 0 Å². The number of aromatic nitrogens is 2. The highest BCUT2D eigenvalue weighted by molar-refractivity contribution is 9.10. The number of H-pyrrole nitrogens is 1. The lowest BCUT2D eigenvalue weighted by atomic mass is 10.4. The van der Waals surface area contributed by atoms with E-state index in [-0.39, 0.29) is 0 Å². The number of imidazole rings is 1. The maximum atomic E-state index is 4.09. The van der Waals surface area contributed by atoms with Crippen molar-refractivity contribution in [2.75, 3.05) is 13.1 Å². The van der Waals surface area contributed by atoms with E-state index in [4.69, 9.17) is 0 Å². The Morgan fingerprint density at radius 1 is 1.50 bits per heavy atom. The molecule has 2 heterocycles. The van der Waals surface area contributed by atoms with Gasteiger partial charge in [0.1, 0.15) is 0 Å². The molecule has 1 fully saturated rings. The zero-order valence-electron chi connectivity index (χ0n) is 6.89. The lowest BCUT2D eigenvalue weighted by Crippen LogP contribution is -2.18. The molecule has 1 N–H and O–H groups in total. The number of halogens is 1. The van der Waals surface area contributed by atoms with Crippen LogP contribution in [0.25, 0.3) is 0 Å². The van der Waals surface area contributed by atoms with Gasteiger partial charge in [-0.2, -0.15) is 0 Å². The minimum Gasteiger partial charge on any atom is -0.335 e. The Balaban J connectivity index is 1.94. The SMILES string of the molecule is Brc1ncc(CN2CCCC2)[nH]1. The second kappa shape index (κ2) is 3.58. The fraction of sp³-hybridized carbons (Fsp3) is 0.625. The number of nitrogens with one attached hydrogen (secondary N) is 1. The maximum absolute atomic E-state index is 4.09. The summed E-state index contributed by atoms with van der Waals surface area (Å²) in [6, 6.07) is 0. The van der Waals surface area contributed by atoms with Crippen LogP contribution in [0.3, 0.4) is 0 Å². The second-order valence-electron chi connectivity index (χ2n) is 3.18. The molecule has 0 amide bonds. The molecule has 0 aliphatic carbocycles. The Morgan fingerprint density at radius 3 is 2.83 bits per heavy atom. The van der Waals surface area contributed by atoms with E-state index in [1.165, 1.54) is 31.6 Å². The highest BCUT2D eigenvalue weighted by Crippen LogP contribution is 2.12. The monoisotopic (exact) mass is 229 g/mol. The molecule has 1 aliphatic heterocycles. The molecule has 2 rings (SSSR count). The van der Waals surface area contributed by atoms with Gasteiger partial charge in [-0.05, 0) is 41.9 Å². The number of hydrogen-bond donors (Lipinski definition) is 1. The molecule has 1 aromatic rings. The summed E-state index contributed by atoms with van der Waals surface area (Å²) in [5.74, 6) is 0. The van der Waals surface area contributed by atoms with Gasteiger partial charge in [0.2, 0.25) is 0 Å². The molecule has 4 heteroatoms. The molecule has 0 aromatic carbocycles. The first kappa shape index (κ1) is 8.26. The zero-order valence-corrected chi connectivity index (χ0v) is 8.47. The van der Waals surface area contributed by atoms with E-state index in [9.17, 15) is 0 Å². The molecular weight excluding hydrogens is 218 g/mol. The van der Waals surface area contributed by atoms with E-state index in [0.717, 1.165) is 11.3 Å². The number of hydrogen-bond acceptors (Lipinski definition) is 2. The summed E-state index contributed by atoms with van der Waals surface area (Å²) in [6.07, 6.45) is 4.58. The molecule has 1 aromatic heterocycles. The topological polar surface area (TPSA) is 31.9 Å². The second-order valence-corrected chi connectivity index (χ2v) is 3.93. The van der Waals surface area contributed by atoms with Crippen LogP contribution in [-0.2, 0) is 6.54 Å². The van der Waals surface area contributed by atoms with Crippen LogP contribution in [0.1, 0.15) is 18.5 Å². The first-order valence-electron chi connectivity index (χ1n) is 4.26. The third-order valence-corrected chi connectivity index (χ3v) is 2.59. The van der Waals surface area contributed by atoms with Crippen LogP contribution in [0, 0.1) is 0 Å². The van der Waals surface area contributed by atoms with Crippen LogP contribution in [-0.4, -0.2) is 28.0 Å². The molecule has 66 valence electrons. The van der Waals surface area contributed by atoms with E-state index in [1.54, 1.807) is 0 Å². The normalized spacial score (nSPS) is 18.8. The number of rotatable bonds is 2. The molecule has 3 nitrogen and oxygen atoms in total. The van der Waals surface area contributed by atoms with Gasteiger partial charge in [-0.25, -0.2) is 4.98 Å². The fourth-order valence-electron chi connectivity index (χ4n) is 1.59. The standard InChI is InChI=1S/C8H12BrN3/c9-8-10-5-7(11-8)6-12-3-1-2-4-12/h5H,1-4,6H2,(H,10,11). The summed E-state index contributed by atoms with van der Waals surface area (Å²) in [4.78, 5) is 9.70. The zero-order chi connectivity index (χ0) is 8.39. The molecule has 0 bridgehead atoms. The molecule has 0 unspecified atom stereocenters. The van der Waals surface area contributed by atoms with Crippen LogP contribution in [0.2, 0.25) is 0 Å². The van der Waals surface area contributed by atoms with Gasteiger partial charge in [0, 0.05) is 12.2 Å². The van der Waals surface area contributed by atoms with Gasteiger partial charge in [0.25, 0.3) is 0 Å². The van der Waals surface area contributed by atoms with Gasteiger partial charge in [0.05, 0.1) is 6.20 Å². The molecule has 0 radical (unpaired) electrons. The van der Waals surface area contributed by atoms with E-state index in [0.29, 0.717) is 0 Å². The van der Waals surface area contributed by atoms with Crippen molar-refractivity contribution in [3.63, 3.8) is 0 Å². The number of likely N-dealkylation sites (tertiary alicyclic amines) is 1. The first-order chi connectivity index (χ1) is 5.84. The lowest BCUT2D eigenvalue weighted by Gasteiger charge is -2.11. The summed E-state index contributed by atoms with van der Waals surface area (Å²) in [6.45, 7) is 3.48. The van der Waals surface area contributed by atoms with Gasteiger partial charge in [-0.1, -0.05) is 0 Å². The van der Waals surface area contributed by atoms with Crippen LogP contribution in [0.4, 0.5) is 0 Å². The largest absolute Gasteiger partial charge is 0.335 e. The smallest absolute Gasteiger partial charge is 0.174 e. The molecule has 0 atom stereocenters. The van der Waals surface area contributed by atoms with Crippen molar-refractivity contribution in [1.29, 1.82) is 0 Å². The van der Waals surface area contributed by atoms with Crippen LogP contribution in [0.15, 0.2) is 10.9 Å². The van der Waals surface area contributed by atoms with Crippen LogP contribution < -0.4 is 0 Å². The third kappa shape index (κ3) is 1.87. The Morgan fingerprint density at radius 2 is 2.25 bits per heavy atom. The van der Waals surface area contributed by atoms with Crippen molar-refractivity contribution in [3.05, 3.63) is 16.6 Å². The predicted octanol–water partition coefficient (Wildman–Crippen LogP) is 1.77. The lowest BCUT2D eigenvalue weighted by molar-refractivity contribution is 0.327. The van der Waals surface area contributed by atoms with Gasteiger partial charge in [0.15, 0.2) is 4.73 Å². The van der Waals surface area contributed by atoms with Crippen molar-refractivity contribution in [3.8, 4) is 0 Å². The van der Waals surface area contributed by atoms with Crippen LogP contribution >= 0.6 is 15.9 Å². The van der Waals surface area contributed by atoms with Gasteiger partial charge in [-0.15, -0.1) is 0 Å². The Bertz CT molecular complexity index is 253. The van der Waals surface area contributed by atoms with Crippen molar-refractivity contribution in [2.45, 2.75) is 19.4 Å². The fourth-order valence-corrected chi connectivity index (χ4v) is 1.95. The average Bonchev–Trinajstić information content (AvgIpc) is 2.63. The van der Waals surface area contributed by atoms with Crippen molar-refractivity contribution < 1.29 is 0 Å². The van der Waals surface area contributed by atoms with Gasteiger partial charge < -0.3 is 4.98 Å². The summed E-state index contributed by atoms with van der Waals surface area (Å²) < 4.78 is 0.830. The minimum atomic E-state index is 0.830. The van der Waals surface area contributed by atoms with Gasteiger partial charge in [-0.3, -0.25) is 4.90 Å². The first-order valence-corrected chi connectivity index (χ1v) is 5.05. The summed E-state index contributed by atoms with van der Waals surface area (Å²) in [5.41, 5.74) is 1.20. The molecule has 0 saturated carbocycles.